The number of amides is 1. The number of aryl methyl sites for hydroxylation is 1. The van der Waals surface area contributed by atoms with E-state index in [1.165, 1.54) is 0 Å². The number of ether oxygens (including phenoxy) is 1. The largest absolute Gasteiger partial charge is 0.383 e. The number of rotatable bonds is 8. The number of anilines is 2. The Kier molecular flexibility index (Phi) is 6.55. The quantitative estimate of drug-likeness (QED) is 0.289. The molecular weight excluding hydrogens is 248 g/mol. The van der Waals surface area contributed by atoms with Crippen LogP contribution in [0.3, 0.4) is 0 Å². The van der Waals surface area contributed by atoms with Gasteiger partial charge in [-0.3, -0.25) is 10.2 Å². The number of nitrogen functional groups attached to an aromatic ring is 1. The lowest BCUT2D eigenvalue weighted by Crippen LogP contribution is -2.28. The van der Waals surface area contributed by atoms with E-state index in [9.17, 15) is 4.79 Å². The van der Waals surface area contributed by atoms with Gasteiger partial charge in [-0.15, -0.1) is 0 Å². The standard InChI is InChI=1S/C11H20N6O2/c1-8-7-9(16-11(15-8)17-12)13-4-3-10(18)14-5-6-19-2/h7H,3-6,12H2,1-2H3,(H,14,18)(H2,13,15,16,17). The van der Waals surface area contributed by atoms with Crippen LogP contribution < -0.4 is 21.9 Å². The molecule has 1 aromatic heterocycles. The maximum absolute atomic E-state index is 11.4. The van der Waals surface area contributed by atoms with Gasteiger partial charge >= 0.3 is 0 Å². The van der Waals surface area contributed by atoms with Crippen molar-refractivity contribution >= 4 is 17.7 Å². The molecule has 0 aliphatic heterocycles. The maximum atomic E-state index is 11.4. The number of methoxy groups -OCH3 is 1. The fraction of sp³-hybridized carbons (Fsp3) is 0.545. The van der Waals surface area contributed by atoms with E-state index in [0.717, 1.165) is 5.69 Å². The lowest BCUT2D eigenvalue weighted by atomic mass is 10.3. The summed E-state index contributed by atoms with van der Waals surface area (Å²) in [5.74, 6) is 6.19. The molecule has 1 heterocycles. The van der Waals surface area contributed by atoms with Crippen LogP contribution in [0, 0.1) is 6.92 Å². The first-order chi connectivity index (χ1) is 9.15. The van der Waals surface area contributed by atoms with E-state index in [1.54, 1.807) is 13.2 Å². The Labute approximate surface area is 112 Å². The summed E-state index contributed by atoms with van der Waals surface area (Å²) in [5.41, 5.74) is 3.17. The molecule has 0 atom stereocenters. The van der Waals surface area contributed by atoms with Gasteiger partial charge in [-0.05, 0) is 6.92 Å². The van der Waals surface area contributed by atoms with Crippen LogP contribution in [0.4, 0.5) is 11.8 Å². The molecule has 0 unspecified atom stereocenters. The Morgan fingerprint density at radius 2 is 2.21 bits per heavy atom. The molecule has 0 saturated carbocycles. The van der Waals surface area contributed by atoms with Crippen molar-refractivity contribution in [1.82, 2.24) is 15.3 Å². The topological polar surface area (TPSA) is 114 Å². The van der Waals surface area contributed by atoms with Gasteiger partial charge in [0.15, 0.2) is 0 Å². The van der Waals surface area contributed by atoms with Gasteiger partial charge in [0, 0.05) is 38.4 Å². The molecule has 1 rings (SSSR count). The molecule has 5 N–H and O–H groups in total. The van der Waals surface area contributed by atoms with Crippen molar-refractivity contribution in [3.8, 4) is 0 Å². The van der Waals surface area contributed by atoms with Crippen LogP contribution >= 0.6 is 0 Å². The van der Waals surface area contributed by atoms with E-state index >= 15 is 0 Å². The molecule has 8 nitrogen and oxygen atoms in total. The minimum absolute atomic E-state index is 0.0347. The maximum Gasteiger partial charge on any atom is 0.239 e. The fourth-order valence-electron chi connectivity index (χ4n) is 1.41. The summed E-state index contributed by atoms with van der Waals surface area (Å²) in [6.45, 7) is 3.35. The number of hydrazine groups is 1. The molecule has 19 heavy (non-hydrogen) atoms. The number of hydrogen-bond donors (Lipinski definition) is 4. The van der Waals surface area contributed by atoms with Crippen molar-refractivity contribution in [2.24, 2.45) is 5.84 Å². The lowest BCUT2D eigenvalue weighted by molar-refractivity contribution is -0.121. The summed E-state index contributed by atoms with van der Waals surface area (Å²) in [5, 5.41) is 5.78. The number of carbonyl (C=O) groups excluding carboxylic acids is 1. The number of nitrogens with two attached hydrogens (primary N) is 1. The summed E-state index contributed by atoms with van der Waals surface area (Å²) >= 11 is 0. The van der Waals surface area contributed by atoms with E-state index < -0.39 is 0 Å². The Morgan fingerprint density at radius 3 is 2.89 bits per heavy atom. The molecule has 1 aromatic rings. The van der Waals surface area contributed by atoms with Crippen LogP contribution in [0.1, 0.15) is 12.1 Å². The average Bonchev–Trinajstić information content (AvgIpc) is 2.38. The Balaban J connectivity index is 2.32. The zero-order chi connectivity index (χ0) is 14.1. The smallest absolute Gasteiger partial charge is 0.239 e. The van der Waals surface area contributed by atoms with Gasteiger partial charge in [0.2, 0.25) is 11.9 Å². The van der Waals surface area contributed by atoms with Gasteiger partial charge in [0.05, 0.1) is 6.61 Å². The number of nitrogens with one attached hydrogen (secondary N) is 3. The van der Waals surface area contributed by atoms with Gasteiger partial charge in [0.25, 0.3) is 0 Å². The van der Waals surface area contributed by atoms with Crippen molar-refractivity contribution in [3.63, 3.8) is 0 Å². The summed E-state index contributed by atoms with van der Waals surface area (Å²) in [6, 6.07) is 1.78. The SMILES string of the molecule is COCCNC(=O)CCNc1cc(C)nc(NN)n1. The summed E-state index contributed by atoms with van der Waals surface area (Å²) < 4.78 is 4.84. The van der Waals surface area contributed by atoms with Crippen molar-refractivity contribution < 1.29 is 9.53 Å². The van der Waals surface area contributed by atoms with Crippen molar-refractivity contribution in [1.29, 1.82) is 0 Å². The highest BCUT2D eigenvalue weighted by atomic mass is 16.5. The van der Waals surface area contributed by atoms with Crippen LogP contribution in [0.15, 0.2) is 6.07 Å². The minimum atomic E-state index is -0.0347. The molecule has 0 saturated heterocycles. The third-order valence-electron chi connectivity index (χ3n) is 2.27. The van der Waals surface area contributed by atoms with Gasteiger partial charge in [-0.2, -0.15) is 4.98 Å². The van der Waals surface area contributed by atoms with E-state index in [2.05, 4.69) is 26.0 Å². The normalized spacial score (nSPS) is 10.1. The Morgan fingerprint density at radius 1 is 1.42 bits per heavy atom. The molecule has 0 aliphatic rings. The van der Waals surface area contributed by atoms with E-state index in [4.69, 9.17) is 10.6 Å². The molecule has 1 amide bonds. The van der Waals surface area contributed by atoms with Gasteiger partial charge in [-0.1, -0.05) is 0 Å². The average molecular weight is 268 g/mol. The predicted molar refractivity (Wildman–Crippen MR) is 72.6 cm³/mol. The van der Waals surface area contributed by atoms with E-state index in [0.29, 0.717) is 37.9 Å². The monoisotopic (exact) mass is 268 g/mol. The molecule has 8 heteroatoms. The van der Waals surface area contributed by atoms with E-state index in [-0.39, 0.29) is 5.91 Å². The third-order valence-corrected chi connectivity index (χ3v) is 2.27. The van der Waals surface area contributed by atoms with Gasteiger partial charge < -0.3 is 15.4 Å². The lowest BCUT2D eigenvalue weighted by Gasteiger charge is -2.08. The molecule has 0 bridgehead atoms. The van der Waals surface area contributed by atoms with Crippen LogP contribution in [-0.4, -0.2) is 42.7 Å². The Bertz CT molecular complexity index is 412. The summed E-state index contributed by atoms with van der Waals surface area (Å²) in [6.07, 6.45) is 0.359. The second-order valence-electron chi connectivity index (χ2n) is 3.88. The minimum Gasteiger partial charge on any atom is -0.383 e. The van der Waals surface area contributed by atoms with Crippen molar-refractivity contribution in [2.45, 2.75) is 13.3 Å². The summed E-state index contributed by atoms with van der Waals surface area (Å²) in [4.78, 5) is 19.6. The molecular formula is C11H20N6O2. The van der Waals surface area contributed by atoms with Crippen LogP contribution in [-0.2, 0) is 9.53 Å². The first-order valence-corrected chi connectivity index (χ1v) is 5.97. The number of nitrogens with zero attached hydrogens (tertiary/aromatic N) is 2. The molecule has 106 valence electrons. The summed E-state index contributed by atoms with van der Waals surface area (Å²) in [7, 11) is 1.59. The zero-order valence-electron chi connectivity index (χ0n) is 11.2. The second kappa shape index (κ2) is 8.22. The van der Waals surface area contributed by atoms with E-state index in [1.807, 2.05) is 6.92 Å². The number of hydrogen-bond acceptors (Lipinski definition) is 7. The highest BCUT2D eigenvalue weighted by molar-refractivity contribution is 5.76. The second-order valence-corrected chi connectivity index (χ2v) is 3.88. The molecule has 0 aromatic carbocycles. The molecule has 0 radical (unpaired) electrons. The third kappa shape index (κ3) is 5.98. The van der Waals surface area contributed by atoms with Crippen molar-refractivity contribution in [2.75, 3.05) is 37.5 Å². The highest BCUT2D eigenvalue weighted by Gasteiger charge is 2.03. The Hall–Kier alpha value is -1.93. The van der Waals surface area contributed by atoms with Gasteiger partial charge in [-0.25, -0.2) is 10.8 Å². The number of aromatic nitrogens is 2. The van der Waals surface area contributed by atoms with Gasteiger partial charge in [0.1, 0.15) is 5.82 Å². The first kappa shape index (κ1) is 15.1. The molecule has 0 aliphatic carbocycles. The zero-order valence-corrected chi connectivity index (χ0v) is 11.2. The van der Waals surface area contributed by atoms with Crippen molar-refractivity contribution in [3.05, 3.63) is 11.8 Å². The first-order valence-electron chi connectivity index (χ1n) is 5.97. The highest BCUT2D eigenvalue weighted by Crippen LogP contribution is 2.08. The van der Waals surface area contributed by atoms with Crippen LogP contribution in [0.5, 0.6) is 0 Å². The number of carbonyl (C=O) groups is 1. The fourth-order valence-corrected chi connectivity index (χ4v) is 1.41. The van der Waals surface area contributed by atoms with Crippen LogP contribution in [0.25, 0.3) is 0 Å². The predicted octanol–water partition coefficient (Wildman–Crippen LogP) is -0.365. The molecule has 0 spiro atoms. The molecule has 0 fully saturated rings. The van der Waals surface area contributed by atoms with Crippen LogP contribution in [0.2, 0.25) is 0 Å².